The summed E-state index contributed by atoms with van der Waals surface area (Å²) in [4.78, 5) is 2.35. The van der Waals surface area contributed by atoms with E-state index in [9.17, 15) is 5.11 Å². The van der Waals surface area contributed by atoms with Crippen LogP contribution < -0.4 is 0 Å². The van der Waals surface area contributed by atoms with Crippen molar-refractivity contribution in [3.05, 3.63) is 0 Å². The van der Waals surface area contributed by atoms with E-state index >= 15 is 0 Å². The highest BCUT2D eigenvalue weighted by Gasteiger charge is 2.36. The summed E-state index contributed by atoms with van der Waals surface area (Å²) in [6, 6.07) is 0.965. The quantitative estimate of drug-likeness (QED) is 0.702. The van der Waals surface area contributed by atoms with Gasteiger partial charge < -0.3 is 10.2 Å². The SMILES string of the molecule is OCCN(C1CCC1)[C@@H]1CCC[C@H]1O. The fourth-order valence-corrected chi connectivity index (χ4v) is 2.76. The van der Waals surface area contributed by atoms with Crippen molar-refractivity contribution in [1.29, 1.82) is 0 Å². The minimum absolute atomic E-state index is 0.151. The maximum Gasteiger partial charge on any atom is 0.0695 e. The second-order valence-electron chi connectivity index (χ2n) is 4.61. The molecule has 0 bridgehead atoms. The molecule has 0 aliphatic heterocycles. The van der Waals surface area contributed by atoms with Gasteiger partial charge in [0.15, 0.2) is 0 Å². The molecule has 3 nitrogen and oxygen atoms in total. The predicted molar refractivity (Wildman–Crippen MR) is 55.1 cm³/mol. The second-order valence-corrected chi connectivity index (χ2v) is 4.61. The van der Waals surface area contributed by atoms with Crippen LogP contribution in [0, 0.1) is 0 Å². The van der Waals surface area contributed by atoms with E-state index in [4.69, 9.17) is 5.11 Å². The summed E-state index contributed by atoms with van der Waals surface area (Å²) in [5.41, 5.74) is 0. The van der Waals surface area contributed by atoms with Gasteiger partial charge in [-0.3, -0.25) is 4.90 Å². The van der Waals surface area contributed by atoms with Gasteiger partial charge in [-0.1, -0.05) is 6.42 Å². The lowest BCUT2D eigenvalue weighted by Gasteiger charge is -2.42. The van der Waals surface area contributed by atoms with E-state index in [-0.39, 0.29) is 12.7 Å². The van der Waals surface area contributed by atoms with Gasteiger partial charge in [-0.25, -0.2) is 0 Å². The number of nitrogens with zero attached hydrogens (tertiary/aromatic N) is 1. The van der Waals surface area contributed by atoms with Gasteiger partial charge in [0, 0.05) is 18.6 Å². The molecule has 0 saturated heterocycles. The molecular weight excluding hydrogens is 178 g/mol. The summed E-state index contributed by atoms with van der Waals surface area (Å²) in [7, 11) is 0. The molecule has 0 spiro atoms. The average Bonchev–Trinajstić information content (AvgIpc) is 2.47. The molecule has 0 radical (unpaired) electrons. The van der Waals surface area contributed by atoms with Crippen LogP contribution in [0.1, 0.15) is 38.5 Å². The van der Waals surface area contributed by atoms with Gasteiger partial charge in [0.1, 0.15) is 0 Å². The first-order valence-electron chi connectivity index (χ1n) is 5.87. The van der Waals surface area contributed by atoms with Crippen LogP contribution >= 0.6 is 0 Å². The maximum absolute atomic E-state index is 9.83. The highest BCUT2D eigenvalue weighted by molar-refractivity contribution is 4.91. The largest absolute Gasteiger partial charge is 0.395 e. The van der Waals surface area contributed by atoms with E-state index < -0.39 is 0 Å². The van der Waals surface area contributed by atoms with Gasteiger partial charge in [0.25, 0.3) is 0 Å². The molecular formula is C11H21NO2. The molecule has 2 atom stereocenters. The molecule has 3 heteroatoms. The van der Waals surface area contributed by atoms with Crippen LogP contribution in [0.2, 0.25) is 0 Å². The van der Waals surface area contributed by atoms with Crippen LogP contribution in [0.15, 0.2) is 0 Å². The van der Waals surface area contributed by atoms with Crippen LogP contribution in [0.4, 0.5) is 0 Å². The van der Waals surface area contributed by atoms with Crippen molar-refractivity contribution in [2.45, 2.75) is 56.7 Å². The lowest BCUT2D eigenvalue weighted by Crippen LogP contribution is -2.50. The molecule has 82 valence electrons. The van der Waals surface area contributed by atoms with Crippen molar-refractivity contribution in [2.75, 3.05) is 13.2 Å². The standard InChI is InChI=1S/C11H21NO2/c13-8-7-12(9-3-1-4-9)10-5-2-6-11(10)14/h9-11,13-14H,1-8H2/t10-,11-/m1/s1. The van der Waals surface area contributed by atoms with Crippen molar-refractivity contribution in [1.82, 2.24) is 4.90 Å². The molecule has 0 aromatic rings. The minimum atomic E-state index is -0.151. The topological polar surface area (TPSA) is 43.7 Å². The number of hydrogen-bond acceptors (Lipinski definition) is 3. The summed E-state index contributed by atoms with van der Waals surface area (Å²) >= 11 is 0. The van der Waals surface area contributed by atoms with E-state index in [2.05, 4.69) is 4.90 Å². The Bertz CT molecular complexity index is 182. The van der Waals surface area contributed by atoms with Crippen LogP contribution in [0.3, 0.4) is 0 Å². The molecule has 0 unspecified atom stereocenters. The number of rotatable bonds is 4. The Morgan fingerprint density at radius 2 is 1.79 bits per heavy atom. The first-order chi connectivity index (χ1) is 6.83. The summed E-state index contributed by atoms with van der Waals surface area (Å²) in [5, 5.41) is 18.9. The highest BCUT2D eigenvalue weighted by Crippen LogP contribution is 2.32. The van der Waals surface area contributed by atoms with Gasteiger partial charge in [-0.15, -0.1) is 0 Å². The van der Waals surface area contributed by atoms with Crippen molar-refractivity contribution < 1.29 is 10.2 Å². The van der Waals surface area contributed by atoms with Crippen molar-refractivity contribution in [2.24, 2.45) is 0 Å². The molecule has 2 saturated carbocycles. The first-order valence-corrected chi connectivity index (χ1v) is 5.87. The Hall–Kier alpha value is -0.120. The zero-order valence-electron chi connectivity index (χ0n) is 8.73. The van der Waals surface area contributed by atoms with Crippen LogP contribution in [-0.4, -0.2) is 46.5 Å². The molecule has 2 aliphatic rings. The van der Waals surface area contributed by atoms with E-state index in [0.29, 0.717) is 12.1 Å². The molecule has 0 aromatic carbocycles. The first kappa shape index (κ1) is 10.4. The molecule has 2 fully saturated rings. The van der Waals surface area contributed by atoms with E-state index in [1.165, 1.54) is 19.3 Å². The third-order valence-corrected chi connectivity index (χ3v) is 3.77. The molecule has 0 aromatic heterocycles. The van der Waals surface area contributed by atoms with Crippen molar-refractivity contribution >= 4 is 0 Å². The van der Waals surface area contributed by atoms with Crippen LogP contribution in [0.5, 0.6) is 0 Å². The summed E-state index contributed by atoms with van der Waals surface area (Å²) in [6.07, 6.45) is 6.86. The lowest BCUT2D eigenvalue weighted by atomic mass is 9.90. The molecule has 0 heterocycles. The summed E-state index contributed by atoms with van der Waals surface area (Å²) in [5.74, 6) is 0. The number of aliphatic hydroxyl groups is 2. The summed E-state index contributed by atoms with van der Waals surface area (Å²) < 4.78 is 0. The minimum Gasteiger partial charge on any atom is -0.395 e. The Balaban J connectivity index is 1.93. The molecule has 0 amide bonds. The Kier molecular flexibility index (Phi) is 3.42. The Morgan fingerprint density at radius 3 is 2.21 bits per heavy atom. The summed E-state index contributed by atoms with van der Waals surface area (Å²) in [6.45, 7) is 0.964. The van der Waals surface area contributed by atoms with Crippen LogP contribution in [0.25, 0.3) is 0 Å². The van der Waals surface area contributed by atoms with Gasteiger partial charge in [-0.05, 0) is 32.1 Å². The number of aliphatic hydroxyl groups excluding tert-OH is 2. The lowest BCUT2D eigenvalue weighted by molar-refractivity contribution is 0.00759. The average molecular weight is 199 g/mol. The van der Waals surface area contributed by atoms with Gasteiger partial charge in [0.05, 0.1) is 12.7 Å². The maximum atomic E-state index is 9.83. The predicted octanol–water partition coefficient (Wildman–Crippen LogP) is 0.747. The van der Waals surface area contributed by atoms with E-state index in [0.717, 1.165) is 25.8 Å². The van der Waals surface area contributed by atoms with Gasteiger partial charge in [0.2, 0.25) is 0 Å². The zero-order chi connectivity index (χ0) is 9.97. The monoisotopic (exact) mass is 199 g/mol. The van der Waals surface area contributed by atoms with Crippen molar-refractivity contribution in [3.63, 3.8) is 0 Å². The smallest absolute Gasteiger partial charge is 0.0695 e. The molecule has 2 aliphatic carbocycles. The third kappa shape index (κ3) is 1.95. The van der Waals surface area contributed by atoms with Crippen molar-refractivity contribution in [3.8, 4) is 0 Å². The third-order valence-electron chi connectivity index (χ3n) is 3.77. The Labute approximate surface area is 85.7 Å². The molecule has 2 rings (SSSR count). The zero-order valence-corrected chi connectivity index (χ0v) is 8.73. The fourth-order valence-electron chi connectivity index (χ4n) is 2.76. The highest BCUT2D eigenvalue weighted by atomic mass is 16.3. The van der Waals surface area contributed by atoms with Gasteiger partial charge in [-0.2, -0.15) is 0 Å². The fraction of sp³-hybridized carbons (Fsp3) is 1.00. The second kappa shape index (κ2) is 4.60. The van der Waals surface area contributed by atoms with E-state index in [1.54, 1.807) is 0 Å². The normalized spacial score (nSPS) is 33.6. The Morgan fingerprint density at radius 1 is 1.07 bits per heavy atom. The molecule has 2 N–H and O–H groups in total. The van der Waals surface area contributed by atoms with Gasteiger partial charge >= 0.3 is 0 Å². The molecule has 14 heavy (non-hydrogen) atoms. The van der Waals surface area contributed by atoms with Crippen LogP contribution in [-0.2, 0) is 0 Å². The number of hydrogen-bond donors (Lipinski definition) is 2. The van der Waals surface area contributed by atoms with E-state index in [1.807, 2.05) is 0 Å².